The maximum Gasteiger partial charge on any atom is 0.273 e. The second kappa shape index (κ2) is 5.34. The quantitative estimate of drug-likeness (QED) is 0.613. The van der Waals surface area contributed by atoms with Crippen molar-refractivity contribution in [3.05, 3.63) is 88.5 Å². The lowest BCUT2D eigenvalue weighted by molar-refractivity contribution is 0.233. The summed E-state index contributed by atoms with van der Waals surface area (Å²) in [5, 5.41) is 2.99. The predicted octanol–water partition coefficient (Wildman–Crippen LogP) is 3.37. The molecule has 5 heteroatoms. The number of aromatic nitrogens is 3. The Hall–Kier alpha value is -3.34. The number of nitrogens with zero attached hydrogens (tertiary/aromatic N) is 2. The van der Waals surface area contributed by atoms with E-state index in [4.69, 9.17) is 9.72 Å². The number of nitrogens with one attached hydrogen (secondary N) is 1. The van der Waals surface area contributed by atoms with Crippen LogP contribution in [0.3, 0.4) is 0 Å². The van der Waals surface area contributed by atoms with Crippen LogP contribution < -0.4 is 10.3 Å². The Kier molecular flexibility index (Phi) is 3.00. The molecule has 0 aliphatic carbocycles. The molecule has 1 aliphatic rings. The molecule has 0 amide bonds. The molecule has 1 aliphatic heterocycles. The van der Waals surface area contributed by atoms with Gasteiger partial charge in [0.1, 0.15) is 11.9 Å². The van der Waals surface area contributed by atoms with Crippen molar-refractivity contribution >= 4 is 5.65 Å². The lowest BCUT2D eigenvalue weighted by atomic mass is 10.1. The van der Waals surface area contributed by atoms with Crippen LogP contribution in [0.5, 0.6) is 5.75 Å². The van der Waals surface area contributed by atoms with Crippen molar-refractivity contribution in [3.63, 3.8) is 0 Å². The molecule has 1 N–H and O–H groups in total. The summed E-state index contributed by atoms with van der Waals surface area (Å²) in [5.41, 5.74) is 4.20. The van der Waals surface area contributed by atoms with Gasteiger partial charge in [-0.2, -0.15) is 0 Å². The first-order valence-corrected chi connectivity index (χ1v) is 8.21. The molecular weight excluding hydrogens is 314 g/mol. The number of H-pyrrole nitrogens is 1. The van der Waals surface area contributed by atoms with Gasteiger partial charge in [-0.1, -0.05) is 48.5 Å². The normalized spacial score (nSPS) is 15.9. The lowest BCUT2D eigenvalue weighted by Crippen LogP contribution is -2.18. The van der Waals surface area contributed by atoms with Crippen molar-refractivity contribution in [2.75, 3.05) is 0 Å². The number of para-hydroxylation sites is 1. The summed E-state index contributed by atoms with van der Waals surface area (Å²) in [6.45, 7) is 0. The highest BCUT2D eigenvalue weighted by Gasteiger charge is 2.26. The molecule has 2 aromatic carbocycles. The van der Waals surface area contributed by atoms with Gasteiger partial charge in [0, 0.05) is 24.2 Å². The Balaban J connectivity index is 1.63. The minimum Gasteiger partial charge on any atom is -0.483 e. The van der Waals surface area contributed by atoms with Crippen LogP contribution in [0.4, 0.5) is 0 Å². The molecule has 0 fully saturated rings. The Morgan fingerprint density at radius 3 is 2.72 bits per heavy atom. The predicted molar refractivity (Wildman–Crippen MR) is 94.8 cm³/mol. The van der Waals surface area contributed by atoms with Gasteiger partial charge in [-0.05, 0) is 17.2 Å². The molecule has 5 rings (SSSR count). The van der Waals surface area contributed by atoms with Gasteiger partial charge in [-0.15, -0.1) is 0 Å². The molecule has 2 aromatic heterocycles. The van der Waals surface area contributed by atoms with Crippen molar-refractivity contribution in [1.29, 1.82) is 0 Å². The lowest BCUT2D eigenvalue weighted by Gasteiger charge is -2.10. The molecule has 0 saturated carbocycles. The molecule has 3 heterocycles. The topological polar surface area (TPSA) is 59.4 Å². The van der Waals surface area contributed by atoms with Gasteiger partial charge >= 0.3 is 0 Å². The molecule has 0 saturated heterocycles. The highest BCUT2D eigenvalue weighted by molar-refractivity contribution is 5.76. The third kappa shape index (κ3) is 2.24. The van der Waals surface area contributed by atoms with Crippen molar-refractivity contribution < 1.29 is 4.74 Å². The van der Waals surface area contributed by atoms with E-state index in [1.54, 1.807) is 6.07 Å². The number of hydrogen-bond donors (Lipinski definition) is 1. The van der Waals surface area contributed by atoms with Crippen LogP contribution in [-0.4, -0.2) is 14.6 Å². The van der Waals surface area contributed by atoms with E-state index in [1.165, 1.54) is 4.52 Å². The summed E-state index contributed by atoms with van der Waals surface area (Å²) in [6, 6.07) is 19.4. The van der Waals surface area contributed by atoms with E-state index in [2.05, 4.69) is 5.10 Å². The molecule has 1 unspecified atom stereocenters. The number of fused-ring (bicyclic) bond motifs is 2. The van der Waals surface area contributed by atoms with Crippen LogP contribution in [-0.2, 0) is 6.42 Å². The minimum atomic E-state index is -0.228. The van der Waals surface area contributed by atoms with Crippen LogP contribution in [0.15, 0.2) is 71.7 Å². The summed E-state index contributed by atoms with van der Waals surface area (Å²) < 4.78 is 7.46. The van der Waals surface area contributed by atoms with Gasteiger partial charge < -0.3 is 4.74 Å². The van der Waals surface area contributed by atoms with E-state index in [0.717, 1.165) is 28.9 Å². The van der Waals surface area contributed by atoms with Crippen molar-refractivity contribution in [2.24, 2.45) is 0 Å². The fourth-order valence-corrected chi connectivity index (χ4v) is 3.34. The standard InChI is InChI=1S/C20H15N3O2/c24-19-11-16(18-10-14-8-4-5-9-17(14)25-18)22-20-15(12-21-23(19)20)13-6-2-1-3-7-13/h1-9,11-12,18,21H,10H2. The minimum absolute atomic E-state index is 0.137. The molecule has 5 nitrogen and oxygen atoms in total. The first-order chi connectivity index (χ1) is 12.3. The molecule has 122 valence electrons. The summed E-state index contributed by atoms with van der Waals surface area (Å²) >= 11 is 0. The zero-order valence-electron chi connectivity index (χ0n) is 13.3. The van der Waals surface area contributed by atoms with Gasteiger partial charge in [0.05, 0.1) is 5.69 Å². The number of aromatic amines is 1. The first-order valence-electron chi connectivity index (χ1n) is 8.21. The van der Waals surface area contributed by atoms with Gasteiger partial charge in [0.25, 0.3) is 5.56 Å². The number of rotatable bonds is 2. The van der Waals surface area contributed by atoms with Crippen molar-refractivity contribution in [1.82, 2.24) is 14.6 Å². The Labute approximate surface area is 143 Å². The third-order valence-corrected chi connectivity index (χ3v) is 4.58. The fourth-order valence-electron chi connectivity index (χ4n) is 3.34. The Morgan fingerprint density at radius 1 is 1.08 bits per heavy atom. The van der Waals surface area contributed by atoms with Gasteiger partial charge in [-0.3, -0.25) is 9.89 Å². The van der Waals surface area contributed by atoms with E-state index in [1.807, 2.05) is 60.8 Å². The Bertz CT molecular complexity index is 1100. The average Bonchev–Trinajstić information content (AvgIpc) is 3.26. The Morgan fingerprint density at radius 2 is 1.88 bits per heavy atom. The molecule has 1 atom stereocenters. The van der Waals surface area contributed by atoms with Gasteiger partial charge in [0.15, 0.2) is 5.65 Å². The van der Waals surface area contributed by atoms with E-state index in [9.17, 15) is 4.79 Å². The molecule has 4 aromatic rings. The smallest absolute Gasteiger partial charge is 0.273 e. The highest BCUT2D eigenvalue weighted by Crippen LogP contribution is 2.35. The van der Waals surface area contributed by atoms with E-state index < -0.39 is 0 Å². The average molecular weight is 329 g/mol. The van der Waals surface area contributed by atoms with Gasteiger partial charge in [0.2, 0.25) is 0 Å². The molecule has 0 radical (unpaired) electrons. The molecular formula is C20H15N3O2. The number of benzene rings is 2. The summed E-state index contributed by atoms with van der Waals surface area (Å²) in [6.07, 6.45) is 2.31. The van der Waals surface area contributed by atoms with E-state index in [-0.39, 0.29) is 11.7 Å². The zero-order chi connectivity index (χ0) is 16.8. The zero-order valence-corrected chi connectivity index (χ0v) is 13.3. The van der Waals surface area contributed by atoms with E-state index >= 15 is 0 Å². The van der Waals surface area contributed by atoms with E-state index in [0.29, 0.717) is 11.3 Å². The second-order valence-corrected chi connectivity index (χ2v) is 6.15. The largest absolute Gasteiger partial charge is 0.483 e. The maximum atomic E-state index is 12.5. The van der Waals surface area contributed by atoms with Crippen LogP contribution in [0.1, 0.15) is 17.4 Å². The van der Waals surface area contributed by atoms with Crippen LogP contribution in [0, 0.1) is 0 Å². The van der Waals surface area contributed by atoms with Crippen LogP contribution in [0.2, 0.25) is 0 Å². The number of hydrogen-bond acceptors (Lipinski definition) is 3. The summed E-state index contributed by atoms with van der Waals surface area (Å²) in [7, 11) is 0. The monoisotopic (exact) mass is 329 g/mol. The van der Waals surface area contributed by atoms with Crippen molar-refractivity contribution in [2.45, 2.75) is 12.5 Å². The second-order valence-electron chi connectivity index (χ2n) is 6.15. The third-order valence-electron chi connectivity index (χ3n) is 4.58. The molecule has 25 heavy (non-hydrogen) atoms. The molecule has 0 spiro atoms. The first kappa shape index (κ1) is 14.0. The summed E-state index contributed by atoms with van der Waals surface area (Å²) in [5.74, 6) is 0.867. The van der Waals surface area contributed by atoms with Gasteiger partial charge in [-0.25, -0.2) is 9.50 Å². The molecule has 0 bridgehead atoms. The number of ether oxygens (including phenoxy) is 1. The van der Waals surface area contributed by atoms with Crippen molar-refractivity contribution in [3.8, 4) is 16.9 Å². The maximum absolute atomic E-state index is 12.5. The highest BCUT2D eigenvalue weighted by atomic mass is 16.5. The van der Waals surface area contributed by atoms with Crippen LogP contribution in [0.25, 0.3) is 16.8 Å². The fraction of sp³-hybridized carbons (Fsp3) is 0.100. The summed E-state index contributed by atoms with van der Waals surface area (Å²) in [4.78, 5) is 17.3. The van der Waals surface area contributed by atoms with Crippen LogP contribution >= 0.6 is 0 Å². The SMILES string of the molecule is O=c1cc(C2Cc3ccccc3O2)nc2c(-c3ccccc3)c[nH]n12.